The number of nitrogens with zero attached hydrogens (tertiary/aromatic N) is 1. The summed E-state index contributed by atoms with van der Waals surface area (Å²) in [6, 6.07) is 7.77. The maximum absolute atomic E-state index is 10.6. The molecule has 25 heavy (non-hydrogen) atoms. The molecule has 0 radical (unpaired) electrons. The summed E-state index contributed by atoms with van der Waals surface area (Å²) in [5.41, 5.74) is 1.90. The van der Waals surface area contributed by atoms with Crippen LogP contribution in [0.5, 0.6) is 0 Å². The molecule has 0 aliphatic heterocycles. The van der Waals surface area contributed by atoms with Gasteiger partial charge in [-0.2, -0.15) is 0 Å². The highest BCUT2D eigenvalue weighted by molar-refractivity contribution is 6.74. The SMILES string of the molecule is CN(C)CC(=Cc1ccc(/C=C/C(=O)O)cc1)O[Si](C)(C)C(C)(C)C. The Balaban J connectivity index is 3.04. The van der Waals surface area contributed by atoms with Crippen LogP contribution in [0.4, 0.5) is 0 Å². The van der Waals surface area contributed by atoms with Gasteiger partial charge in [0.1, 0.15) is 0 Å². The molecule has 1 N–H and O–H groups in total. The molecule has 0 aliphatic rings. The van der Waals surface area contributed by atoms with Crippen LogP contribution in [-0.4, -0.2) is 44.9 Å². The maximum Gasteiger partial charge on any atom is 0.328 e. The predicted octanol–water partition coefficient (Wildman–Crippen LogP) is 4.71. The van der Waals surface area contributed by atoms with Crippen LogP contribution in [0.1, 0.15) is 31.9 Å². The second kappa shape index (κ2) is 8.49. The molecular weight excluding hydrogens is 330 g/mol. The van der Waals surface area contributed by atoms with Crippen molar-refractivity contribution < 1.29 is 14.3 Å². The average molecular weight is 362 g/mol. The summed E-state index contributed by atoms with van der Waals surface area (Å²) in [6.07, 6.45) is 4.80. The third-order valence-corrected chi connectivity index (χ3v) is 8.73. The Bertz CT molecular complexity index is 638. The van der Waals surface area contributed by atoms with Gasteiger partial charge in [-0.3, -0.25) is 0 Å². The van der Waals surface area contributed by atoms with E-state index < -0.39 is 14.3 Å². The van der Waals surface area contributed by atoms with Crippen molar-refractivity contribution in [3.05, 3.63) is 47.2 Å². The second-order valence-electron chi connectivity index (χ2n) is 8.05. The molecule has 0 atom stereocenters. The topological polar surface area (TPSA) is 49.8 Å². The van der Waals surface area contributed by atoms with E-state index in [1.807, 2.05) is 38.4 Å². The first-order chi connectivity index (χ1) is 11.4. The first-order valence-electron chi connectivity index (χ1n) is 8.46. The van der Waals surface area contributed by atoms with Crippen LogP contribution in [0.3, 0.4) is 0 Å². The molecule has 0 heterocycles. The van der Waals surface area contributed by atoms with E-state index in [-0.39, 0.29) is 5.04 Å². The molecule has 0 saturated carbocycles. The monoisotopic (exact) mass is 361 g/mol. The summed E-state index contributed by atoms with van der Waals surface area (Å²) in [6.45, 7) is 11.9. The first-order valence-corrected chi connectivity index (χ1v) is 11.4. The summed E-state index contributed by atoms with van der Waals surface area (Å²) in [7, 11) is 2.16. The van der Waals surface area contributed by atoms with Gasteiger partial charge in [0.25, 0.3) is 0 Å². The highest BCUT2D eigenvalue weighted by Crippen LogP contribution is 2.38. The number of carboxylic acids is 1. The van der Waals surface area contributed by atoms with E-state index in [1.165, 1.54) is 0 Å². The highest BCUT2D eigenvalue weighted by Gasteiger charge is 2.39. The molecular formula is C20H31NO3Si. The van der Waals surface area contributed by atoms with E-state index in [0.29, 0.717) is 0 Å². The van der Waals surface area contributed by atoms with E-state index in [1.54, 1.807) is 6.08 Å². The van der Waals surface area contributed by atoms with Gasteiger partial charge in [-0.25, -0.2) is 4.79 Å². The van der Waals surface area contributed by atoms with Crippen molar-refractivity contribution in [1.29, 1.82) is 0 Å². The Morgan fingerprint density at radius 1 is 1.16 bits per heavy atom. The molecule has 1 rings (SSSR count). The molecule has 0 aliphatic carbocycles. The number of carbonyl (C=O) groups is 1. The van der Waals surface area contributed by atoms with Crippen LogP contribution >= 0.6 is 0 Å². The Labute approximate surface area is 152 Å². The summed E-state index contributed by atoms with van der Waals surface area (Å²) < 4.78 is 6.49. The van der Waals surface area contributed by atoms with E-state index in [4.69, 9.17) is 9.53 Å². The van der Waals surface area contributed by atoms with Crippen LogP contribution in [0.25, 0.3) is 12.2 Å². The van der Waals surface area contributed by atoms with E-state index in [0.717, 1.165) is 29.5 Å². The molecule has 4 nitrogen and oxygen atoms in total. The summed E-state index contributed by atoms with van der Waals surface area (Å²) >= 11 is 0. The Morgan fingerprint density at radius 3 is 2.12 bits per heavy atom. The van der Waals surface area contributed by atoms with E-state index in [2.05, 4.69) is 44.8 Å². The zero-order valence-electron chi connectivity index (χ0n) is 16.5. The Hall–Kier alpha value is -1.85. The molecule has 138 valence electrons. The van der Waals surface area contributed by atoms with Gasteiger partial charge >= 0.3 is 5.97 Å². The molecule has 0 fully saturated rings. The van der Waals surface area contributed by atoms with Gasteiger partial charge in [0.15, 0.2) is 0 Å². The number of hydrogen-bond donors (Lipinski definition) is 1. The number of benzene rings is 1. The zero-order chi connectivity index (χ0) is 19.3. The lowest BCUT2D eigenvalue weighted by Crippen LogP contribution is -2.41. The predicted molar refractivity (Wildman–Crippen MR) is 108 cm³/mol. The van der Waals surface area contributed by atoms with Crippen LogP contribution in [0, 0.1) is 0 Å². The molecule has 0 aromatic heterocycles. The van der Waals surface area contributed by atoms with Crippen LogP contribution in [0.2, 0.25) is 18.1 Å². The molecule has 1 aromatic carbocycles. The Morgan fingerprint density at radius 2 is 1.68 bits per heavy atom. The number of hydrogen-bond acceptors (Lipinski definition) is 3. The number of rotatable bonds is 7. The molecule has 0 unspecified atom stereocenters. The quantitative estimate of drug-likeness (QED) is 0.434. The lowest BCUT2D eigenvalue weighted by Gasteiger charge is -2.37. The molecule has 0 amide bonds. The van der Waals surface area contributed by atoms with Crippen molar-refractivity contribution >= 4 is 26.4 Å². The fourth-order valence-electron chi connectivity index (χ4n) is 1.96. The second-order valence-corrected chi connectivity index (χ2v) is 12.8. The van der Waals surface area contributed by atoms with Gasteiger partial charge in [0.2, 0.25) is 8.32 Å². The van der Waals surface area contributed by atoms with Crippen molar-refractivity contribution in [1.82, 2.24) is 4.90 Å². The smallest absolute Gasteiger partial charge is 0.328 e. The third-order valence-electron chi connectivity index (χ3n) is 4.35. The minimum Gasteiger partial charge on any atom is -0.545 e. The fourth-order valence-corrected chi connectivity index (χ4v) is 3.04. The van der Waals surface area contributed by atoms with E-state index in [9.17, 15) is 4.79 Å². The lowest BCUT2D eigenvalue weighted by atomic mass is 10.1. The normalized spacial score (nSPS) is 13.5. The number of carboxylic acid groups (broad SMARTS) is 1. The third kappa shape index (κ3) is 7.28. The minimum atomic E-state index is -1.90. The van der Waals surface area contributed by atoms with Gasteiger partial charge < -0.3 is 14.4 Å². The van der Waals surface area contributed by atoms with Crippen molar-refractivity contribution in [3.63, 3.8) is 0 Å². The maximum atomic E-state index is 10.6. The van der Waals surface area contributed by atoms with Crippen LogP contribution < -0.4 is 0 Å². The van der Waals surface area contributed by atoms with Gasteiger partial charge in [-0.15, -0.1) is 0 Å². The van der Waals surface area contributed by atoms with Gasteiger partial charge in [-0.1, -0.05) is 45.0 Å². The molecule has 0 bridgehead atoms. The average Bonchev–Trinajstić information content (AvgIpc) is 2.44. The fraction of sp³-hybridized carbons (Fsp3) is 0.450. The van der Waals surface area contributed by atoms with Crippen LogP contribution in [0.15, 0.2) is 36.1 Å². The lowest BCUT2D eigenvalue weighted by molar-refractivity contribution is -0.131. The summed E-state index contributed by atoms with van der Waals surface area (Å²) in [5, 5.41) is 8.84. The zero-order valence-corrected chi connectivity index (χ0v) is 17.5. The van der Waals surface area contributed by atoms with E-state index >= 15 is 0 Å². The van der Waals surface area contributed by atoms with Crippen molar-refractivity contribution in [2.24, 2.45) is 0 Å². The summed E-state index contributed by atoms with van der Waals surface area (Å²) in [5.74, 6) is 0.0189. The number of aliphatic carboxylic acids is 1. The number of likely N-dealkylation sites (N-methyl/N-ethyl adjacent to an activating group) is 1. The molecule has 0 saturated heterocycles. The van der Waals surface area contributed by atoms with Crippen molar-refractivity contribution in [2.45, 2.75) is 38.9 Å². The molecule has 1 aromatic rings. The first kappa shape index (κ1) is 21.2. The van der Waals surface area contributed by atoms with Gasteiger partial charge in [-0.05, 0) is 55.5 Å². The largest absolute Gasteiger partial charge is 0.545 e. The molecule has 5 heteroatoms. The van der Waals surface area contributed by atoms with Crippen LogP contribution in [-0.2, 0) is 9.22 Å². The van der Waals surface area contributed by atoms with Gasteiger partial charge in [0.05, 0.1) is 12.3 Å². The van der Waals surface area contributed by atoms with Gasteiger partial charge in [0, 0.05) is 6.08 Å². The van der Waals surface area contributed by atoms with Crippen molar-refractivity contribution in [2.75, 3.05) is 20.6 Å². The molecule has 0 spiro atoms. The highest BCUT2D eigenvalue weighted by atomic mass is 28.4. The van der Waals surface area contributed by atoms with Crippen molar-refractivity contribution in [3.8, 4) is 0 Å². The minimum absolute atomic E-state index is 0.143. The Kier molecular flexibility index (Phi) is 7.20. The summed E-state index contributed by atoms with van der Waals surface area (Å²) in [4.78, 5) is 12.7. The standard InChI is InChI=1S/C20H31NO3Si/c1-20(2,3)25(6,7)24-18(15-21(4)5)14-17-10-8-16(9-11-17)12-13-19(22)23/h8-14H,15H2,1-7H3,(H,22,23)/b13-12+,18-14?.